The fraction of sp³-hybridized carbons (Fsp3) is 0.833. The molecule has 82 valence electrons. The van der Waals surface area contributed by atoms with Crippen molar-refractivity contribution in [3.8, 4) is 0 Å². The molecule has 14 heavy (non-hydrogen) atoms. The topological polar surface area (TPSA) is 9.23 Å². The Morgan fingerprint density at radius 3 is 2.00 bits per heavy atom. The van der Waals surface area contributed by atoms with Crippen LogP contribution in [0.2, 0.25) is 10.6 Å². The van der Waals surface area contributed by atoms with Crippen molar-refractivity contribution >= 4 is 14.5 Å². The predicted octanol–water partition coefficient (Wildman–Crippen LogP) is 3.88. The zero-order chi connectivity index (χ0) is 11.0. The van der Waals surface area contributed by atoms with Gasteiger partial charge < -0.3 is 3.79 Å². The van der Waals surface area contributed by atoms with E-state index in [0.717, 1.165) is 24.9 Å². The first-order valence-corrected chi connectivity index (χ1v) is 7.89. The van der Waals surface area contributed by atoms with Crippen molar-refractivity contribution in [3.63, 3.8) is 0 Å². The van der Waals surface area contributed by atoms with Gasteiger partial charge in [0, 0.05) is 6.61 Å². The molecule has 0 aromatic heterocycles. The molecule has 0 heterocycles. The Balaban J connectivity index is 3.77. The second kappa shape index (κ2) is 8.53. The van der Waals surface area contributed by atoms with Crippen molar-refractivity contribution in [2.45, 2.75) is 44.7 Å². The van der Waals surface area contributed by atoms with Crippen LogP contribution in [0.5, 0.6) is 0 Å². The molecule has 0 aliphatic heterocycles. The van der Waals surface area contributed by atoms with Crippen LogP contribution in [0.3, 0.4) is 0 Å². The Hall–Kier alpha value is 0.232. The molecule has 0 aromatic carbocycles. The zero-order valence-corrected chi connectivity index (χ0v) is 11.4. The third-order valence-corrected chi connectivity index (χ3v) is 5.79. The average molecular weight is 212 g/mol. The van der Waals surface area contributed by atoms with Crippen molar-refractivity contribution in [3.05, 3.63) is 12.7 Å². The quantitative estimate of drug-likeness (QED) is 0.337. The van der Waals surface area contributed by atoms with Crippen LogP contribution >= 0.6 is 0 Å². The van der Waals surface area contributed by atoms with E-state index in [1.54, 1.807) is 0 Å². The Kier molecular flexibility index (Phi) is 8.68. The first kappa shape index (κ1) is 14.2. The Bertz CT molecular complexity index is 133. The van der Waals surface area contributed by atoms with Gasteiger partial charge in [0.05, 0.1) is 0 Å². The molecular formula is C12H25AlO. The largest absolute Gasteiger partial charge is 0.500 e. The second-order valence-corrected chi connectivity index (χ2v) is 7.35. The summed E-state index contributed by atoms with van der Waals surface area (Å²) in [6.45, 7) is 13.8. The molecule has 0 aliphatic rings. The minimum absolute atomic E-state index is 0.786. The molecule has 0 aliphatic carbocycles. The monoisotopic (exact) mass is 212 g/mol. The van der Waals surface area contributed by atoms with Crippen molar-refractivity contribution < 1.29 is 3.79 Å². The van der Waals surface area contributed by atoms with E-state index in [1.165, 1.54) is 10.6 Å². The zero-order valence-electron chi connectivity index (χ0n) is 10.3. The van der Waals surface area contributed by atoms with E-state index in [-0.39, 0.29) is 0 Å². The van der Waals surface area contributed by atoms with Crippen LogP contribution in [-0.2, 0) is 3.79 Å². The minimum Gasteiger partial charge on any atom is -0.500 e. The summed E-state index contributed by atoms with van der Waals surface area (Å²) in [4.78, 5) is 0. The van der Waals surface area contributed by atoms with Crippen LogP contribution < -0.4 is 0 Å². The highest BCUT2D eigenvalue weighted by molar-refractivity contribution is 6.51. The van der Waals surface area contributed by atoms with Crippen LogP contribution in [0, 0.1) is 11.8 Å². The summed E-state index contributed by atoms with van der Waals surface area (Å²) >= 11 is -0.929. The van der Waals surface area contributed by atoms with Gasteiger partial charge in [-0.25, -0.2) is 0 Å². The van der Waals surface area contributed by atoms with Gasteiger partial charge in [-0.15, -0.1) is 6.58 Å². The summed E-state index contributed by atoms with van der Waals surface area (Å²) in [5.74, 6) is 1.57. The van der Waals surface area contributed by atoms with Gasteiger partial charge in [0.15, 0.2) is 0 Å². The van der Waals surface area contributed by atoms with Crippen molar-refractivity contribution in [1.29, 1.82) is 0 Å². The summed E-state index contributed by atoms with van der Waals surface area (Å²) in [6.07, 6.45) is 2.94. The summed E-state index contributed by atoms with van der Waals surface area (Å²) in [6, 6.07) is 0. The lowest BCUT2D eigenvalue weighted by atomic mass is 10.3. The number of hydrogen-bond donors (Lipinski definition) is 0. The van der Waals surface area contributed by atoms with Gasteiger partial charge in [0.1, 0.15) is 0 Å². The summed E-state index contributed by atoms with van der Waals surface area (Å²) in [5.41, 5.74) is 0. The van der Waals surface area contributed by atoms with Gasteiger partial charge >= 0.3 is 14.5 Å². The molecule has 2 heteroatoms. The van der Waals surface area contributed by atoms with Crippen LogP contribution in [0.1, 0.15) is 34.1 Å². The van der Waals surface area contributed by atoms with Crippen LogP contribution in [-0.4, -0.2) is 21.1 Å². The van der Waals surface area contributed by atoms with Crippen molar-refractivity contribution in [2.24, 2.45) is 11.8 Å². The molecule has 0 saturated heterocycles. The highest BCUT2D eigenvalue weighted by Gasteiger charge is 2.22. The van der Waals surface area contributed by atoms with Gasteiger partial charge in [0.25, 0.3) is 0 Å². The molecule has 0 bridgehead atoms. The molecule has 0 N–H and O–H groups in total. The molecule has 0 atom stereocenters. The SMILES string of the molecule is C=CCC[O][Al]([CH2]C(C)C)[CH2]C(C)C. The smallest absolute Gasteiger partial charge is 0.461 e. The van der Waals surface area contributed by atoms with E-state index in [2.05, 4.69) is 34.3 Å². The molecule has 1 nitrogen and oxygen atoms in total. The third-order valence-electron chi connectivity index (χ3n) is 2.14. The molecule has 0 saturated carbocycles. The van der Waals surface area contributed by atoms with Crippen LogP contribution in [0.15, 0.2) is 12.7 Å². The van der Waals surface area contributed by atoms with Gasteiger partial charge in [-0.1, -0.05) is 56.2 Å². The van der Waals surface area contributed by atoms with E-state index in [4.69, 9.17) is 3.79 Å². The Labute approximate surface area is 94.3 Å². The Morgan fingerprint density at radius 2 is 1.64 bits per heavy atom. The van der Waals surface area contributed by atoms with E-state index in [0.29, 0.717) is 0 Å². The fourth-order valence-corrected chi connectivity index (χ4v) is 4.64. The standard InChI is InChI=1S/C4H7O.2C4H9.Al/c1-2-3-4-5;2*1-4(2)3;/h2H,1,3-4H2;2*4H,1H2,2-3H3;/q-1;;;+1. The van der Waals surface area contributed by atoms with Gasteiger partial charge in [-0.3, -0.25) is 0 Å². The lowest BCUT2D eigenvalue weighted by Crippen LogP contribution is -2.22. The normalized spacial score (nSPS) is 11.0. The minimum atomic E-state index is -0.929. The van der Waals surface area contributed by atoms with Crippen LogP contribution in [0.4, 0.5) is 0 Å². The number of rotatable bonds is 8. The fourth-order valence-electron chi connectivity index (χ4n) is 1.60. The van der Waals surface area contributed by atoms with Gasteiger partial charge in [0.2, 0.25) is 0 Å². The Morgan fingerprint density at radius 1 is 1.14 bits per heavy atom. The maximum Gasteiger partial charge on any atom is 0.461 e. The maximum atomic E-state index is 5.97. The molecule has 0 amide bonds. The van der Waals surface area contributed by atoms with E-state index in [1.807, 2.05) is 6.08 Å². The second-order valence-electron chi connectivity index (χ2n) is 4.83. The number of hydrogen-bond acceptors (Lipinski definition) is 1. The van der Waals surface area contributed by atoms with E-state index in [9.17, 15) is 0 Å². The molecule has 0 fully saturated rings. The average Bonchev–Trinajstić information content (AvgIpc) is 2.02. The van der Waals surface area contributed by atoms with E-state index < -0.39 is 14.5 Å². The van der Waals surface area contributed by atoms with E-state index >= 15 is 0 Å². The highest BCUT2D eigenvalue weighted by atomic mass is 27.2. The molecule has 0 rings (SSSR count). The first-order valence-electron chi connectivity index (χ1n) is 5.78. The lowest BCUT2D eigenvalue weighted by molar-refractivity contribution is 0.317. The molecular weight excluding hydrogens is 187 g/mol. The predicted molar refractivity (Wildman–Crippen MR) is 65.8 cm³/mol. The lowest BCUT2D eigenvalue weighted by Gasteiger charge is -2.16. The highest BCUT2D eigenvalue weighted by Crippen LogP contribution is 2.15. The summed E-state index contributed by atoms with van der Waals surface area (Å²) in [5, 5.41) is 2.63. The maximum absolute atomic E-state index is 5.97. The third kappa shape index (κ3) is 8.81. The first-order chi connectivity index (χ1) is 6.56. The van der Waals surface area contributed by atoms with Crippen molar-refractivity contribution in [1.82, 2.24) is 0 Å². The molecule has 0 aromatic rings. The molecule has 0 unspecified atom stereocenters. The molecule has 0 radical (unpaired) electrons. The summed E-state index contributed by atoms with van der Waals surface area (Å²) < 4.78 is 5.97. The van der Waals surface area contributed by atoms with Gasteiger partial charge in [-0.2, -0.15) is 0 Å². The van der Waals surface area contributed by atoms with Crippen LogP contribution in [0.25, 0.3) is 0 Å². The molecule has 0 spiro atoms. The van der Waals surface area contributed by atoms with Gasteiger partial charge in [-0.05, 0) is 6.42 Å². The summed E-state index contributed by atoms with van der Waals surface area (Å²) in [7, 11) is 0. The van der Waals surface area contributed by atoms with Crippen molar-refractivity contribution in [2.75, 3.05) is 6.61 Å².